The smallest absolute Gasteiger partial charge is 0.203 e. The zero-order chi connectivity index (χ0) is 14.5. The Bertz CT molecular complexity index is 735. The normalized spacial score (nSPS) is 10.9. The maximum absolute atomic E-state index is 5.36. The molecule has 0 bridgehead atoms. The number of hydrogen-bond acceptors (Lipinski definition) is 6. The van der Waals surface area contributed by atoms with Crippen molar-refractivity contribution in [3.8, 4) is 17.0 Å². The van der Waals surface area contributed by atoms with E-state index in [9.17, 15) is 0 Å². The summed E-state index contributed by atoms with van der Waals surface area (Å²) in [5.41, 5.74) is 4.81. The molecule has 0 amide bonds. The first kappa shape index (κ1) is 13.8. The van der Waals surface area contributed by atoms with Gasteiger partial charge in [-0.15, -0.1) is 22.7 Å². The Morgan fingerprint density at radius 3 is 2.90 bits per heavy atom. The molecule has 0 radical (unpaired) electrons. The zero-order valence-corrected chi connectivity index (χ0v) is 12.9. The second-order valence-corrected chi connectivity index (χ2v) is 5.96. The van der Waals surface area contributed by atoms with Gasteiger partial charge in [-0.25, -0.2) is 4.98 Å². The van der Waals surface area contributed by atoms with Gasteiger partial charge in [0.25, 0.3) is 0 Å². The summed E-state index contributed by atoms with van der Waals surface area (Å²) in [6.07, 6.45) is 1.79. The van der Waals surface area contributed by atoms with Gasteiger partial charge in [0.05, 0.1) is 19.0 Å². The van der Waals surface area contributed by atoms with Crippen molar-refractivity contribution in [2.75, 3.05) is 12.5 Å². The quantitative estimate of drug-likeness (QED) is 0.563. The number of nitrogens with one attached hydrogen (secondary N) is 1. The Labute approximate surface area is 130 Å². The van der Waals surface area contributed by atoms with Crippen LogP contribution in [0.3, 0.4) is 0 Å². The SMILES string of the molecule is COc1ccccc1-c1csc(N/N=C\c2cccs2)n1. The van der Waals surface area contributed by atoms with Crippen LogP contribution in [0, 0.1) is 0 Å². The molecule has 0 spiro atoms. The molecule has 21 heavy (non-hydrogen) atoms. The number of para-hydroxylation sites is 1. The van der Waals surface area contributed by atoms with Crippen molar-refractivity contribution >= 4 is 34.0 Å². The first-order valence-corrected chi connectivity index (χ1v) is 8.04. The lowest BCUT2D eigenvalue weighted by Gasteiger charge is -2.04. The molecule has 0 aliphatic carbocycles. The molecule has 0 atom stereocenters. The molecule has 0 saturated carbocycles. The van der Waals surface area contributed by atoms with Gasteiger partial charge in [-0.3, -0.25) is 5.43 Å². The van der Waals surface area contributed by atoms with E-state index in [-0.39, 0.29) is 0 Å². The molecular weight excluding hydrogens is 302 g/mol. The van der Waals surface area contributed by atoms with E-state index in [2.05, 4.69) is 15.5 Å². The van der Waals surface area contributed by atoms with Crippen molar-refractivity contribution in [1.29, 1.82) is 0 Å². The van der Waals surface area contributed by atoms with Gasteiger partial charge in [0.1, 0.15) is 5.75 Å². The lowest BCUT2D eigenvalue weighted by molar-refractivity contribution is 0.416. The molecule has 1 aromatic carbocycles. The van der Waals surface area contributed by atoms with Gasteiger partial charge < -0.3 is 4.74 Å². The number of thiazole rings is 1. The van der Waals surface area contributed by atoms with E-state index >= 15 is 0 Å². The summed E-state index contributed by atoms with van der Waals surface area (Å²) in [7, 11) is 1.66. The van der Waals surface area contributed by atoms with Crippen LogP contribution in [-0.4, -0.2) is 18.3 Å². The van der Waals surface area contributed by atoms with Crippen LogP contribution < -0.4 is 10.2 Å². The van der Waals surface area contributed by atoms with Crippen LogP contribution in [0.1, 0.15) is 4.88 Å². The number of hydrazone groups is 1. The molecule has 0 fully saturated rings. The highest BCUT2D eigenvalue weighted by atomic mass is 32.1. The average Bonchev–Trinajstić information content (AvgIpc) is 3.19. The fourth-order valence-corrected chi connectivity index (χ4v) is 3.07. The standard InChI is InChI=1S/C15H13N3OS2/c1-19-14-7-3-2-6-12(14)13-10-21-15(17-13)18-16-9-11-5-4-8-20-11/h2-10H,1H3,(H,17,18)/b16-9-. The van der Waals surface area contributed by atoms with Crippen molar-refractivity contribution < 1.29 is 4.74 Å². The summed E-state index contributed by atoms with van der Waals surface area (Å²) < 4.78 is 5.36. The summed E-state index contributed by atoms with van der Waals surface area (Å²) >= 11 is 3.15. The van der Waals surface area contributed by atoms with E-state index in [1.807, 2.05) is 47.2 Å². The number of aromatic nitrogens is 1. The predicted molar refractivity (Wildman–Crippen MR) is 89.6 cm³/mol. The first-order valence-electron chi connectivity index (χ1n) is 6.28. The van der Waals surface area contributed by atoms with E-state index < -0.39 is 0 Å². The van der Waals surface area contributed by atoms with Gasteiger partial charge in [-0.1, -0.05) is 18.2 Å². The minimum absolute atomic E-state index is 0.753. The average molecular weight is 315 g/mol. The molecule has 3 aromatic rings. The second-order valence-electron chi connectivity index (χ2n) is 4.12. The van der Waals surface area contributed by atoms with Crippen LogP contribution in [0.4, 0.5) is 5.13 Å². The topological polar surface area (TPSA) is 46.5 Å². The molecule has 106 valence electrons. The largest absolute Gasteiger partial charge is 0.496 e. The van der Waals surface area contributed by atoms with E-state index in [4.69, 9.17) is 4.74 Å². The molecule has 0 saturated heterocycles. The second kappa shape index (κ2) is 6.51. The third-order valence-electron chi connectivity index (χ3n) is 2.78. The minimum Gasteiger partial charge on any atom is -0.496 e. The third kappa shape index (κ3) is 3.29. The molecule has 6 heteroatoms. The van der Waals surface area contributed by atoms with Crippen molar-refractivity contribution in [3.05, 3.63) is 52.0 Å². The van der Waals surface area contributed by atoms with Gasteiger partial charge in [0.2, 0.25) is 5.13 Å². The summed E-state index contributed by atoms with van der Waals surface area (Å²) in [5, 5.41) is 8.94. The summed E-state index contributed by atoms with van der Waals surface area (Å²) in [5.74, 6) is 0.816. The monoisotopic (exact) mass is 315 g/mol. The van der Waals surface area contributed by atoms with E-state index in [0.717, 1.165) is 27.0 Å². The van der Waals surface area contributed by atoms with Gasteiger partial charge in [0, 0.05) is 15.8 Å². The Balaban J connectivity index is 1.74. The maximum Gasteiger partial charge on any atom is 0.203 e. The van der Waals surface area contributed by atoms with Crippen LogP contribution >= 0.6 is 22.7 Å². The van der Waals surface area contributed by atoms with Crippen molar-refractivity contribution in [3.63, 3.8) is 0 Å². The third-order valence-corrected chi connectivity index (χ3v) is 4.34. The number of benzene rings is 1. The highest BCUT2D eigenvalue weighted by molar-refractivity contribution is 7.14. The summed E-state index contributed by atoms with van der Waals surface area (Å²) in [6, 6.07) is 11.8. The Morgan fingerprint density at radius 2 is 2.10 bits per heavy atom. The molecule has 1 N–H and O–H groups in total. The molecule has 0 aliphatic rings. The fourth-order valence-electron chi connectivity index (χ4n) is 1.82. The molecule has 0 unspecified atom stereocenters. The highest BCUT2D eigenvalue weighted by Crippen LogP contribution is 2.31. The molecule has 4 nitrogen and oxygen atoms in total. The lowest BCUT2D eigenvalue weighted by atomic mass is 10.1. The van der Waals surface area contributed by atoms with E-state index in [0.29, 0.717) is 0 Å². The summed E-state index contributed by atoms with van der Waals surface area (Å²) in [6.45, 7) is 0. The maximum atomic E-state index is 5.36. The first-order chi connectivity index (χ1) is 10.4. The van der Waals surface area contributed by atoms with Crippen LogP contribution in [0.5, 0.6) is 5.75 Å². The molecule has 2 aromatic heterocycles. The van der Waals surface area contributed by atoms with Crippen molar-refractivity contribution in [1.82, 2.24) is 4.98 Å². The number of thiophene rings is 1. The minimum atomic E-state index is 0.753. The van der Waals surface area contributed by atoms with Crippen LogP contribution in [0.2, 0.25) is 0 Å². The zero-order valence-electron chi connectivity index (χ0n) is 11.3. The number of methoxy groups -OCH3 is 1. The van der Waals surface area contributed by atoms with Crippen LogP contribution in [0.15, 0.2) is 52.3 Å². The van der Waals surface area contributed by atoms with Crippen molar-refractivity contribution in [2.45, 2.75) is 0 Å². The van der Waals surface area contributed by atoms with E-state index in [1.54, 1.807) is 24.7 Å². The van der Waals surface area contributed by atoms with Gasteiger partial charge in [-0.2, -0.15) is 5.10 Å². The van der Waals surface area contributed by atoms with Gasteiger partial charge in [0.15, 0.2) is 0 Å². The van der Waals surface area contributed by atoms with Gasteiger partial charge >= 0.3 is 0 Å². The summed E-state index contributed by atoms with van der Waals surface area (Å²) in [4.78, 5) is 5.63. The van der Waals surface area contributed by atoms with Gasteiger partial charge in [-0.05, 0) is 23.6 Å². The number of anilines is 1. The lowest BCUT2D eigenvalue weighted by Crippen LogP contribution is -1.90. The molecular formula is C15H13N3OS2. The molecule has 3 rings (SSSR count). The Kier molecular flexibility index (Phi) is 4.28. The molecule has 0 aliphatic heterocycles. The van der Waals surface area contributed by atoms with Crippen LogP contribution in [0.25, 0.3) is 11.3 Å². The number of hydrogen-bond donors (Lipinski definition) is 1. The van der Waals surface area contributed by atoms with Crippen LogP contribution in [-0.2, 0) is 0 Å². The Morgan fingerprint density at radius 1 is 1.19 bits per heavy atom. The number of ether oxygens (including phenoxy) is 1. The van der Waals surface area contributed by atoms with Crippen molar-refractivity contribution in [2.24, 2.45) is 5.10 Å². The fraction of sp³-hybridized carbons (Fsp3) is 0.0667. The highest BCUT2D eigenvalue weighted by Gasteiger charge is 2.08. The Hall–Kier alpha value is -2.18. The predicted octanol–water partition coefficient (Wildman–Crippen LogP) is 4.33. The number of rotatable bonds is 5. The number of nitrogens with zero attached hydrogens (tertiary/aromatic N) is 2. The van der Waals surface area contributed by atoms with E-state index in [1.165, 1.54) is 11.3 Å². The molecule has 2 heterocycles.